The molecule has 2 aromatic rings. The summed E-state index contributed by atoms with van der Waals surface area (Å²) in [6.07, 6.45) is 4.96. The van der Waals surface area contributed by atoms with Crippen LogP contribution in [-0.2, 0) is 9.53 Å². The van der Waals surface area contributed by atoms with Crippen molar-refractivity contribution >= 4 is 29.7 Å². The monoisotopic (exact) mass is 334 g/mol. The third kappa shape index (κ3) is 4.06. The van der Waals surface area contributed by atoms with Crippen molar-refractivity contribution in [1.29, 1.82) is 0 Å². The lowest BCUT2D eigenvalue weighted by Crippen LogP contribution is -2.01. The number of nitro groups is 1. The maximum Gasteiger partial charge on any atom is 0.363 e. The summed E-state index contributed by atoms with van der Waals surface area (Å²) >= 11 is 0. The minimum Gasteiger partial charge on any atom is -0.403 e. The topological polar surface area (TPSA) is 81.8 Å². The van der Waals surface area contributed by atoms with Gasteiger partial charge in [0.15, 0.2) is 5.70 Å². The quantitative estimate of drug-likeness (QED) is 0.367. The number of hydrogen-bond donors (Lipinski definition) is 0. The van der Waals surface area contributed by atoms with Crippen LogP contribution in [0.1, 0.15) is 16.7 Å². The molecule has 0 saturated carbocycles. The smallest absolute Gasteiger partial charge is 0.363 e. The van der Waals surface area contributed by atoms with Gasteiger partial charge in [-0.05, 0) is 42.3 Å². The summed E-state index contributed by atoms with van der Waals surface area (Å²) < 4.78 is 5.10. The molecule has 0 saturated heterocycles. The lowest BCUT2D eigenvalue weighted by molar-refractivity contribution is -0.384. The van der Waals surface area contributed by atoms with E-state index in [1.807, 2.05) is 31.2 Å². The van der Waals surface area contributed by atoms with Crippen LogP contribution in [0.4, 0.5) is 5.69 Å². The number of nitro benzene ring substituents is 1. The zero-order valence-corrected chi connectivity index (χ0v) is 13.4. The molecule has 6 heteroatoms. The first-order valence-corrected chi connectivity index (χ1v) is 7.53. The SMILES string of the molecule is Cc1ccc(/C=C/C2=NC(=Cc3ccc([N+](=O)[O-])cc3)C(=O)O2)cc1. The van der Waals surface area contributed by atoms with Gasteiger partial charge >= 0.3 is 5.97 Å². The molecule has 6 nitrogen and oxygen atoms in total. The summed E-state index contributed by atoms with van der Waals surface area (Å²) in [5.41, 5.74) is 2.90. The van der Waals surface area contributed by atoms with Crippen molar-refractivity contribution in [3.05, 3.63) is 87.1 Å². The van der Waals surface area contributed by atoms with E-state index in [0.29, 0.717) is 5.56 Å². The number of cyclic esters (lactones) is 1. The molecule has 1 aliphatic rings. The standard InChI is InChI=1S/C19H14N2O4/c1-13-2-4-14(5-3-13)8-11-18-20-17(19(22)25-18)12-15-6-9-16(10-7-15)21(23)24/h2-12H,1H3/b11-8+,17-12?. The average Bonchev–Trinajstić information content (AvgIpc) is 2.94. The number of rotatable bonds is 4. The molecule has 25 heavy (non-hydrogen) atoms. The third-order valence-electron chi connectivity index (χ3n) is 3.54. The molecule has 0 N–H and O–H groups in total. The highest BCUT2D eigenvalue weighted by molar-refractivity contribution is 6.11. The highest BCUT2D eigenvalue weighted by Crippen LogP contribution is 2.19. The molecule has 0 fully saturated rings. The molecular weight excluding hydrogens is 320 g/mol. The summed E-state index contributed by atoms with van der Waals surface area (Å²) in [5, 5.41) is 10.6. The number of hydrogen-bond acceptors (Lipinski definition) is 5. The van der Waals surface area contributed by atoms with Gasteiger partial charge in [0.1, 0.15) is 0 Å². The Balaban J connectivity index is 1.77. The number of carbonyl (C=O) groups is 1. The maximum absolute atomic E-state index is 11.9. The number of carbonyl (C=O) groups excluding carboxylic acids is 1. The van der Waals surface area contributed by atoms with E-state index in [1.165, 1.54) is 18.2 Å². The molecule has 0 aliphatic carbocycles. The molecule has 2 aromatic carbocycles. The highest BCUT2D eigenvalue weighted by atomic mass is 16.6. The van der Waals surface area contributed by atoms with Gasteiger partial charge < -0.3 is 4.74 Å². The Morgan fingerprint density at radius 3 is 2.28 bits per heavy atom. The predicted molar refractivity (Wildman–Crippen MR) is 94.8 cm³/mol. The van der Waals surface area contributed by atoms with Gasteiger partial charge in [-0.2, -0.15) is 0 Å². The third-order valence-corrected chi connectivity index (χ3v) is 3.54. The van der Waals surface area contributed by atoms with Crippen molar-refractivity contribution in [2.45, 2.75) is 6.92 Å². The predicted octanol–water partition coefficient (Wildman–Crippen LogP) is 3.91. The molecule has 1 heterocycles. The van der Waals surface area contributed by atoms with Gasteiger partial charge in [-0.25, -0.2) is 9.79 Å². The number of ether oxygens (including phenoxy) is 1. The molecule has 0 unspecified atom stereocenters. The molecule has 0 atom stereocenters. The molecule has 0 aromatic heterocycles. The van der Waals surface area contributed by atoms with Crippen LogP contribution in [-0.4, -0.2) is 16.8 Å². The number of non-ortho nitro benzene ring substituents is 1. The van der Waals surface area contributed by atoms with E-state index in [1.54, 1.807) is 24.3 Å². The lowest BCUT2D eigenvalue weighted by Gasteiger charge is -1.95. The Hall–Kier alpha value is -3.54. The van der Waals surface area contributed by atoms with E-state index in [9.17, 15) is 14.9 Å². The molecule has 0 radical (unpaired) electrons. The lowest BCUT2D eigenvalue weighted by atomic mass is 10.1. The maximum atomic E-state index is 11.9. The normalized spacial score (nSPS) is 15.5. The molecule has 1 aliphatic heterocycles. The largest absolute Gasteiger partial charge is 0.403 e. The van der Waals surface area contributed by atoms with Crippen LogP contribution >= 0.6 is 0 Å². The van der Waals surface area contributed by atoms with Crippen LogP contribution in [0.5, 0.6) is 0 Å². The average molecular weight is 334 g/mol. The first-order valence-electron chi connectivity index (χ1n) is 7.53. The Morgan fingerprint density at radius 2 is 1.64 bits per heavy atom. The van der Waals surface area contributed by atoms with Crippen molar-refractivity contribution < 1.29 is 14.5 Å². The van der Waals surface area contributed by atoms with Crippen LogP contribution in [0, 0.1) is 17.0 Å². The van der Waals surface area contributed by atoms with Gasteiger partial charge in [0, 0.05) is 18.2 Å². The first-order chi connectivity index (χ1) is 12.0. The Kier molecular flexibility index (Phi) is 4.52. The van der Waals surface area contributed by atoms with Gasteiger partial charge in [0.25, 0.3) is 5.69 Å². The van der Waals surface area contributed by atoms with Crippen LogP contribution in [0.25, 0.3) is 12.2 Å². The Labute approximate surface area is 143 Å². The van der Waals surface area contributed by atoms with Crippen molar-refractivity contribution in [1.82, 2.24) is 0 Å². The zero-order chi connectivity index (χ0) is 17.8. The fraction of sp³-hybridized carbons (Fsp3) is 0.0526. The number of aryl methyl sites for hydroxylation is 1. The minimum absolute atomic E-state index is 0.0126. The van der Waals surface area contributed by atoms with Gasteiger partial charge in [-0.3, -0.25) is 10.1 Å². The van der Waals surface area contributed by atoms with Crippen molar-refractivity contribution in [3.8, 4) is 0 Å². The highest BCUT2D eigenvalue weighted by Gasteiger charge is 2.21. The molecule has 0 amide bonds. The van der Waals surface area contributed by atoms with Gasteiger partial charge in [0.2, 0.25) is 5.90 Å². The second-order valence-electron chi connectivity index (χ2n) is 5.46. The van der Waals surface area contributed by atoms with Crippen LogP contribution in [0.15, 0.2) is 65.3 Å². The van der Waals surface area contributed by atoms with E-state index < -0.39 is 10.9 Å². The number of nitrogens with zero attached hydrogens (tertiary/aromatic N) is 2. The van der Waals surface area contributed by atoms with Crippen molar-refractivity contribution in [2.24, 2.45) is 4.99 Å². The van der Waals surface area contributed by atoms with E-state index >= 15 is 0 Å². The fourth-order valence-corrected chi connectivity index (χ4v) is 2.19. The van der Waals surface area contributed by atoms with E-state index in [-0.39, 0.29) is 17.3 Å². The molecule has 124 valence electrons. The first kappa shape index (κ1) is 16.3. The van der Waals surface area contributed by atoms with Gasteiger partial charge in [0.05, 0.1) is 4.92 Å². The van der Waals surface area contributed by atoms with Gasteiger partial charge in [-0.15, -0.1) is 0 Å². The molecular formula is C19H14N2O4. The zero-order valence-electron chi connectivity index (χ0n) is 13.4. The van der Waals surface area contributed by atoms with Crippen molar-refractivity contribution in [3.63, 3.8) is 0 Å². The number of benzene rings is 2. The Morgan fingerprint density at radius 1 is 1.00 bits per heavy atom. The summed E-state index contributed by atoms with van der Waals surface area (Å²) in [6.45, 7) is 2.01. The van der Waals surface area contributed by atoms with Crippen LogP contribution in [0.3, 0.4) is 0 Å². The second-order valence-corrected chi connectivity index (χ2v) is 5.46. The van der Waals surface area contributed by atoms with Crippen LogP contribution < -0.4 is 0 Å². The summed E-state index contributed by atoms with van der Waals surface area (Å²) in [6, 6.07) is 13.7. The van der Waals surface area contributed by atoms with Crippen molar-refractivity contribution in [2.75, 3.05) is 0 Å². The molecule has 0 bridgehead atoms. The Bertz CT molecular complexity index is 907. The summed E-state index contributed by atoms with van der Waals surface area (Å²) in [7, 11) is 0. The number of aliphatic imine (C=N–C) groups is 1. The van der Waals surface area contributed by atoms with E-state index in [4.69, 9.17) is 4.74 Å². The number of esters is 1. The summed E-state index contributed by atoms with van der Waals surface area (Å²) in [5.74, 6) is -0.347. The molecule has 3 rings (SSSR count). The van der Waals surface area contributed by atoms with Gasteiger partial charge in [-0.1, -0.05) is 29.8 Å². The fourth-order valence-electron chi connectivity index (χ4n) is 2.19. The molecule has 0 spiro atoms. The minimum atomic E-state index is -0.554. The van der Waals surface area contributed by atoms with E-state index in [2.05, 4.69) is 4.99 Å². The summed E-state index contributed by atoms with van der Waals surface area (Å²) in [4.78, 5) is 26.2. The second kappa shape index (κ2) is 6.92. The van der Waals surface area contributed by atoms with E-state index in [0.717, 1.165) is 11.1 Å². The van der Waals surface area contributed by atoms with Crippen LogP contribution in [0.2, 0.25) is 0 Å².